The van der Waals surface area contributed by atoms with Gasteiger partial charge in [0.2, 0.25) is 5.82 Å². The van der Waals surface area contributed by atoms with E-state index in [1.807, 2.05) is 4.98 Å². The molecule has 144 valence electrons. The van der Waals surface area contributed by atoms with Crippen molar-refractivity contribution in [2.75, 3.05) is 36.0 Å². The smallest absolute Gasteiger partial charge is 0.362 e. The Balaban J connectivity index is 1.82. The van der Waals surface area contributed by atoms with E-state index in [0.29, 0.717) is 6.07 Å². The standard InChI is InChI=1S/C14H13F3N6O4/c15-14(16,17)8-1-2-9(10(7-8)23(26)27)21-3-5-22(6-4-21)11-12(24)18-13(25)20-19-11/h1-2,7H,3-6H2,(H2,18,20,24,25). The Bertz CT molecular complexity index is 978. The average Bonchev–Trinajstić information content (AvgIpc) is 2.60. The van der Waals surface area contributed by atoms with Gasteiger partial charge in [-0.2, -0.15) is 13.2 Å². The number of hydrogen-bond donors (Lipinski definition) is 2. The van der Waals surface area contributed by atoms with Crippen molar-refractivity contribution in [1.82, 2.24) is 15.2 Å². The quantitative estimate of drug-likeness (QED) is 0.587. The molecule has 0 saturated carbocycles. The molecular formula is C14H13F3N6O4. The van der Waals surface area contributed by atoms with Crippen LogP contribution in [0.3, 0.4) is 0 Å². The number of H-pyrrole nitrogens is 2. The summed E-state index contributed by atoms with van der Waals surface area (Å²) in [6.07, 6.45) is -4.68. The van der Waals surface area contributed by atoms with Crippen molar-refractivity contribution in [2.24, 2.45) is 0 Å². The molecule has 2 aromatic rings. The Morgan fingerprint density at radius 2 is 1.74 bits per heavy atom. The molecule has 10 nitrogen and oxygen atoms in total. The van der Waals surface area contributed by atoms with Crippen molar-refractivity contribution in [3.8, 4) is 0 Å². The fraction of sp³-hybridized carbons (Fsp3) is 0.357. The van der Waals surface area contributed by atoms with Crippen LogP contribution in [-0.2, 0) is 6.18 Å². The fourth-order valence-corrected chi connectivity index (χ4v) is 2.83. The highest BCUT2D eigenvalue weighted by molar-refractivity contribution is 5.65. The summed E-state index contributed by atoms with van der Waals surface area (Å²) in [7, 11) is 0. The van der Waals surface area contributed by atoms with Crippen LogP contribution in [0.25, 0.3) is 0 Å². The molecule has 0 bridgehead atoms. The largest absolute Gasteiger partial charge is 0.416 e. The molecule has 0 atom stereocenters. The van der Waals surface area contributed by atoms with Crippen molar-refractivity contribution in [3.63, 3.8) is 0 Å². The number of piperazine rings is 1. The molecule has 1 aliphatic rings. The average molecular weight is 386 g/mol. The van der Waals surface area contributed by atoms with E-state index in [4.69, 9.17) is 0 Å². The first-order valence-electron chi connectivity index (χ1n) is 7.71. The lowest BCUT2D eigenvalue weighted by Crippen LogP contribution is -2.49. The third kappa shape index (κ3) is 3.75. The topological polar surface area (TPSA) is 128 Å². The van der Waals surface area contributed by atoms with E-state index in [-0.39, 0.29) is 37.7 Å². The zero-order chi connectivity index (χ0) is 19.8. The van der Waals surface area contributed by atoms with E-state index in [9.17, 15) is 32.9 Å². The Morgan fingerprint density at radius 1 is 1.11 bits per heavy atom. The predicted octanol–water partition coefficient (Wildman–Crippen LogP) is 0.712. The van der Waals surface area contributed by atoms with Crippen LogP contribution in [0.2, 0.25) is 0 Å². The third-order valence-electron chi connectivity index (χ3n) is 4.11. The van der Waals surface area contributed by atoms with Crippen molar-refractivity contribution < 1.29 is 18.1 Å². The zero-order valence-corrected chi connectivity index (χ0v) is 13.6. The van der Waals surface area contributed by atoms with Gasteiger partial charge in [-0.15, -0.1) is 5.10 Å². The lowest BCUT2D eigenvalue weighted by atomic mass is 10.1. The molecule has 0 aliphatic carbocycles. The van der Waals surface area contributed by atoms with Crippen molar-refractivity contribution in [1.29, 1.82) is 0 Å². The second-order valence-corrected chi connectivity index (χ2v) is 5.76. The molecule has 1 aliphatic heterocycles. The summed E-state index contributed by atoms with van der Waals surface area (Å²) in [5.41, 5.74) is -3.09. The van der Waals surface area contributed by atoms with Crippen molar-refractivity contribution >= 4 is 17.2 Å². The first kappa shape index (κ1) is 18.4. The molecule has 1 aromatic heterocycles. The highest BCUT2D eigenvalue weighted by atomic mass is 19.4. The Kier molecular flexibility index (Phi) is 4.59. The molecule has 27 heavy (non-hydrogen) atoms. The van der Waals surface area contributed by atoms with E-state index < -0.39 is 33.6 Å². The van der Waals surface area contributed by atoms with Crippen molar-refractivity contribution in [3.05, 3.63) is 54.7 Å². The SMILES string of the molecule is O=c1[nH]nc(N2CCN(c3ccc(C(F)(F)F)cc3[N+](=O)[O-])CC2)c(=O)[nH]1. The van der Waals surface area contributed by atoms with Gasteiger partial charge in [0.1, 0.15) is 5.69 Å². The molecule has 3 rings (SSSR count). The van der Waals surface area contributed by atoms with Gasteiger partial charge in [0.15, 0.2) is 0 Å². The second-order valence-electron chi connectivity index (χ2n) is 5.76. The zero-order valence-electron chi connectivity index (χ0n) is 13.6. The molecule has 1 saturated heterocycles. The number of aromatic nitrogens is 3. The summed E-state index contributed by atoms with van der Waals surface area (Å²) in [6, 6.07) is 2.38. The van der Waals surface area contributed by atoms with E-state index in [1.54, 1.807) is 9.80 Å². The number of alkyl halides is 3. The number of nitrogens with zero attached hydrogens (tertiary/aromatic N) is 4. The van der Waals surface area contributed by atoms with Gasteiger partial charge in [0.25, 0.3) is 11.2 Å². The number of aromatic amines is 2. The summed E-state index contributed by atoms with van der Waals surface area (Å²) in [4.78, 5) is 38.3. The van der Waals surface area contributed by atoms with Gasteiger partial charge in [0.05, 0.1) is 10.5 Å². The number of anilines is 2. The highest BCUT2D eigenvalue weighted by Crippen LogP contribution is 2.36. The van der Waals surface area contributed by atoms with Gasteiger partial charge < -0.3 is 9.80 Å². The maximum atomic E-state index is 12.8. The lowest BCUT2D eigenvalue weighted by molar-refractivity contribution is -0.384. The first-order chi connectivity index (χ1) is 12.7. The summed E-state index contributed by atoms with van der Waals surface area (Å²) in [5, 5.41) is 17.0. The molecule has 1 aromatic carbocycles. The van der Waals surface area contributed by atoms with Gasteiger partial charge >= 0.3 is 11.9 Å². The summed E-state index contributed by atoms with van der Waals surface area (Å²) < 4.78 is 38.4. The summed E-state index contributed by atoms with van der Waals surface area (Å²) in [5.74, 6) is -0.00355. The van der Waals surface area contributed by atoms with E-state index >= 15 is 0 Å². The molecule has 0 unspecified atom stereocenters. The number of nitrogens with one attached hydrogen (secondary N) is 2. The molecule has 0 amide bonds. The summed E-state index contributed by atoms with van der Waals surface area (Å²) >= 11 is 0. The van der Waals surface area contributed by atoms with Crippen LogP contribution in [0.5, 0.6) is 0 Å². The van der Waals surface area contributed by atoms with Crippen LogP contribution in [0.15, 0.2) is 27.8 Å². The lowest BCUT2D eigenvalue weighted by Gasteiger charge is -2.35. The number of nitro benzene ring substituents is 1. The molecular weight excluding hydrogens is 373 g/mol. The van der Waals surface area contributed by atoms with Crippen LogP contribution >= 0.6 is 0 Å². The van der Waals surface area contributed by atoms with E-state index in [0.717, 1.165) is 12.1 Å². The Labute approximate surface area is 148 Å². The first-order valence-corrected chi connectivity index (χ1v) is 7.71. The van der Waals surface area contributed by atoms with E-state index in [1.165, 1.54) is 0 Å². The van der Waals surface area contributed by atoms with Crippen LogP contribution in [0.4, 0.5) is 30.4 Å². The second kappa shape index (κ2) is 6.74. The Morgan fingerprint density at radius 3 is 2.30 bits per heavy atom. The van der Waals surface area contributed by atoms with Gasteiger partial charge in [-0.3, -0.25) is 19.9 Å². The van der Waals surface area contributed by atoms with Crippen LogP contribution in [-0.4, -0.2) is 46.3 Å². The summed E-state index contributed by atoms with van der Waals surface area (Å²) in [6.45, 7) is 0.902. The van der Waals surface area contributed by atoms with Gasteiger partial charge in [-0.25, -0.2) is 9.89 Å². The third-order valence-corrected chi connectivity index (χ3v) is 4.11. The fourth-order valence-electron chi connectivity index (χ4n) is 2.83. The number of nitro groups is 1. The highest BCUT2D eigenvalue weighted by Gasteiger charge is 2.34. The molecule has 2 heterocycles. The maximum absolute atomic E-state index is 12.8. The molecule has 2 N–H and O–H groups in total. The minimum atomic E-state index is -4.68. The Hall–Kier alpha value is -3.38. The number of benzene rings is 1. The monoisotopic (exact) mass is 386 g/mol. The molecule has 13 heteroatoms. The number of halogens is 3. The minimum absolute atomic E-state index is 0.00355. The number of hydrogen-bond acceptors (Lipinski definition) is 7. The van der Waals surface area contributed by atoms with Crippen molar-refractivity contribution in [2.45, 2.75) is 6.18 Å². The molecule has 1 fully saturated rings. The van der Waals surface area contributed by atoms with Crippen LogP contribution in [0.1, 0.15) is 5.56 Å². The van der Waals surface area contributed by atoms with Crippen LogP contribution in [0, 0.1) is 10.1 Å². The van der Waals surface area contributed by atoms with Gasteiger partial charge in [-0.05, 0) is 12.1 Å². The predicted molar refractivity (Wildman–Crippen MR) is 88.0 cm³/mol. The number of rotatable bonds is 3. The normalized spacial score (nSPS) is 15.1. The maximum Gasteiger partial charge on any atom is 0.416 e. The molecule has 0 radical (unpaired) electrons. The van der Waals surface area contributed by atoms with E-state index in [2.05, 4.69) is 10.2 Å². The van der Waals surface area contributed by atoms with Gasteiger partial charge in [0, 0.05) is 32.2 Å². The molecule has 0 spiro atoms. The van der Waals surface area contributed by atoms with Gasteiger partial charge in [-0.1, -0.05) is 0 Å². The minimum Gasteiger partial charge on any atom is -0.362 e. The van der Waals surface area contributed by atoms with Crippen LogP contribution < -0.4 is 21.0 Å².